The van der Waals surface area contributed by atoms with Gasteiger partial charge in [-0.05, 0) is 24.3 Å². The summed E-state index contributed by atoms with van der Waals surface area (Å²) in [6.45, 7) is 4.13. The standard InChI is InChI=1S/C10H16N2S/c1-3-13-7-10(11)9-5-4-8(2)12-6-9/h4-6,10H,3,7,11H2,1-2H3. The van der Waals surface area contributed by atoms with E-state index in [1.54, 1.807) is 0 Å². The molecule has 0 spiro atoms. The third-order valence-corrected chi connectivity index (χ3v) is 2.87. The normalized spacial score (nSPS) is 12.8. The second-order valence-corrected chi connectivity index (χ2v) is 4.32. The van der Waals surface area contributed by atoms with E-state index in [2.05, 4.69) is 18.0 Å². The van der Waals surface area contributed by atoms with Gasteiger partial charge in [0, 0.05) is 23.7 Å². The van der Waals surface area contributed by atoms with Gasteiger partial charge >= 0.3 is 0 Å². The summed E-state index contributed by atoms with van der Waals surface area (Å²) in [5.74, 6) is 2.09. The summed E-state index contributed by atoms with van der Waals surface area (Å²) in [5.41, 5.74) is 8.14. The summed E-state index contributed by atoms with van der Waals surface area (Å²) in [4.78, 5) is 4.22. The van der Waals surface area contributed by atoms with E-state index in [9.17, 15) is 0 Å². The predicted molar refractivity (Wildman–Crippen MR) is 58.9 cm³/mol. The SMILES string of the molecule is CCSCC(N)c1ccc(C)nc1. The molecule has 1 unspecified atom stereocenters. The molecular formula is C10H16N2S. The van der Waals surface area contributed by atoms with Crippen LogP contribution in [0.5, 0.6) is 0 Å². The van der Waals surface area contributed by atoms with Gasteiger partial charge in [-0.2, -0.15) is 11.8 Å². The van der Waals surface area contributed by atoms with Gasteiger partial charge in [0.25, 0.3) is 0 Å². The fourth-order valence-corrected chi connectivity index (χ4v) is 1.72. The summed E-state index contributed by atoms with van der Waals surface area (Å²) in [5, 5.41) is 0. The van der Waals surface area contributed by atoms with Gasteiger partial charge < -0.3 is 5.73 Å². The van der Waals surface area contributed by atoms with E-state index in [-0.39, 0.29) is 6.04 Å². The Kier molecular flexibility index (Phi) is 4.25. The minimum absolute atomic E-state index is 0.123. The van der Waals surface area contributed by atoms with E-state index < -0.39 is 0 Å². The van der Waals surface area contributed by atoms with Crippen molar-refractivity contribution in [2.45, 2.75) is 19.9 Å². The Morgan fingerprint density at radius 3 is 2.85 bits per heavy atom. The average Bonchev–Trinajstić information content (AvgIpc) is 2.15. The van der Waals surface area contributed by atoms with E-state index in [0.29, 0.717) is 0 Å². The minimum atomic E-state index is 0.123. The number of pyridine rings is 1. The average molecular weight is 196 g/mol. The monoisotopic (exact) mass is 196 g/mol. The maximum atomic E-state index is 5.97. The van der Waals surface area contributed by atoms with Gasteiger partial charge in [0.2, 0.25) is 0 Å². The molecule has 1 aromatic heterocycles. The highest BCUT2D eigenvalue weighted by Crippen LogP contribution is 2.14. The molecule has 13 heavy (non-hydrogen) atoms. The van der Waals surface area contributed by atoms with Crippen molar-refractivity contribution in [1.82, 2.24) is 4.98 Å². The van der Waals surface area contributed by atoms with Crippen LogP contribution in [0.25, 0.3) is 0 Å². The molecule has 1 aromatic rings. The molecule has 2 nitrogen and oxygen atoms in total. The van der Waals surface area contributed by atoms with Crippen LogP contribution in [-0.4, -0.2) is 16.5 Å². The molecule has 1 atom stereocenters. The first-order valence-electron chi connectivity index (χ1n) is 4.50. The van der Waals surface area contributed by atoms with Crippen LogP contribution in [0.3, 0.4) is 0 Å². The molecular weight excluding hydrogens is 180 g/mol. The highest BCUT2D eigenvalue weighted by atomic mass is 32.2. The molecule has 3 heteroatoms. The summed E-state index contributed by atoms with van der Waals surface area (Å²) < 4.78 is 0. The van der Waals surface area contributed by atoms with Crippen molar-refractivity contribution in [2.24, 2.45) is 5.73 Å². The van der Waals surface area contributed by atoms with Gasteiger partial charge in [0.05, 0.1) is 0 Å². The molecule has 0 aliphatic rings. The summed E-state index contributed by atoms with van der Waals surface area (Å²) >= 11 is 1.86. The van der Waals surface area contributed by atoms with Gasteiger partial charge in [-0.15, -0.1) is 0 Å². The van der Waals surface area contributed by atoms with E-state index >= 15 is 0 Å². The Morgan fingerprint density at radius 2 is 2.31 bits per heavy atom. The first-order chi connectivity index (χ1) is 6.24. The quantitative estimate of drug-likeness (QED) is 0.802. The zero-order chi connectivity index (χ0) is 9.68. The highest BCUT2D eigenvalue weighted by molar-refractivity contribution is 7.99. The first-order valence-corrected chi connectivity index (χ1v) is 5.65. The Hall–Kier alpha value is -0.540. The molecule has 0 bridgehead atoms. The molecule has 0 saturated carbocycles. The van der Waals surface area contributed by atoms with Crippen LogP contribution in [0, 0.1) is 6.92 Å². The largest absolute Gasteiger partial charge is 0.323 e. The summed E-state index contributed by atoms with van der Waals surface area (Å²) in [7, 11) is 0. The third kappa shape index (κ3) is 3.36. The fourth-order valence-electron chi connectivity index (χ4n) is 1.04. The van der Waals surface area contributed by atoms with Crippen molar-refractivity contribution in [2.75, 3.05) is 11.5 Å². The topological polar surface area (TPSA) is 38.9 Å². The molecule has 1 heterocycles. The number of hydrogen-bond acceptors (Lipinski definition) is 3. The number of hydrogen-bond donors (Lipinski definition) is 1. The zero-order valence-electron chi connectivity index (χ0n) is 8.16. The number of nitrogens with two attached hydrogens (primary N) is 1. The molecule has 0 saturated heterocycles. The van der Waals surface area contributed by atoms with Crippen LogP contribution < -0.4 is 5.73 Å². The first kappa shape index (κ1) is 10.5. The Morgan fingerprint density at radius 1 is 1.54 bits per heavy atom. The molecule has 1 rings (SSSR count). The van der Waals surface area contributed by atoms with Crippen LogP contribution in [0.4, 0.5) is 0 Å². The minimum Gasteiger partial charge on any atom is -0.323 e. The molecule has 0 radical (unpaired) electrons. The molecule has 0 fully saturated rings. The van der Waals surface area contributed by atoms with Gasteiger partial charge in [0.15, 0.2) is 0 Å². The lowest BCUT2D eigenvalue weighted by Crippen LogP contribution is -2.13. The predicted octanol–water partition coefficient (Wildman–Crippen LogP) is 2.14. The molecule has 0 aromatic carbocycles. The van der Waals surface area contributed by atoms with Gasteiger partial charge in [-0.25, -0.2) is 0 Å². The Balaban J connectivity index is 2.55. The molecule has 2 N–H and O–H groups in total. The van der Waals surface area contributed by atoms with E-state index in [1.807, 2.05) is 30.9 Å². The highest BCUT2D eigenvalue weighted by Gasteiger charge is 2.04. The summed E-state index contributed by atoms with van der Waals surface area (Å²) in [6, 6.07) is 4.19. The number of nitrogens with zero attached hydrogens (tertiary/aromatic N) is 1. The fraction of sp³-hybridized carbons (Fsp3) is 0.500. The maximum absolute atomic E-state index is 5.97. The van der Waals surface area contributed by atoms with E-state index in [0.717, 1.165) is 22.8 Å². The van der Waals surface area contributed by atoms with Gasteiger partial charge in [-0.3, -0.25) is 4.98 Å². The van der Waals surface area contributed by atoms with Crippen LogP contribution in [0.15, 0.2) is 18.3 Å². The van der Waals surface area contributed by atoms with Crippen molar-refractivity contribution in [3.05, 3.63) is 29.6 Å². The summed E-state index contributed by atoms with van der Waals surface area (Å²) in [6.07, 6.45) is 1.87. The third-order valence-electron chi connectivity index (χ3n) is 1.86. The lowest BCUT2D eigenvalue weighted by atomic mass is 10.1. The van der Waals surface area contributed by atoms with E-state index in [1.165, 1.54) is 0 Å². The second kappa shape index (κ2) is 5.25. The second-order valence-electron chi connectivity index (χ2n) is 3.00. The molecule has 0 amide bonds. The lowest BCUT2D eigenvalue weighted by molar-refractivity contribution is 0.822. The lowest BCUT2D eigenvalue weighted by Gasteiger charge is -2.10. The molecule has 0 aliphatic carbocycles. The van der Waals surface area contributed by atoms with Crippen molar-refractivity contribution in [1.29, 1.82) is 0 Å². The van der Waals surface area contributed by atoms with Crippen LogP contribution in [0.2, 0.25) is 0 Å². The van der Waals surface area contributed by atoms with Crippen LogP contribution in [-0.2, 0) is 0 Å². The maximum Gasteiger partial charge on any atom is 0.0402 e. The zero-order valence-corrected chi connectivity index (χ0v) is 8.97. The molecule has 0 aliphatic heterocycles. The van der Waals surface area contributed by atoms with Crippen LogP contribution >= 0.6 is 11.8 Å². The number of rotatable bonds is 4. The van der Waals surface area contributed by atoms with E-state index in [4.69, 9.17) is 5.73 Å². The van der Waals surface area contributed by atoms with Crippen molar-refractivity contribution in [3.63, 3.8) is 0 Å². The van der Waals surface area contributed by atoms with Crippen molar-refractivity contribution in [3.8, 4) is 0 Å². The Bertz CT molecular complexity index is 246. The molecule has 72 valence electrons. The van der Waals surface area contributed by atoms with Gasteiger partial charge in [-0.1, -0.05) is 13.0 Å². The van der Waals surface area contributed by atoms with Gasteiger partial charge in [0.1, 0.15) is 0 Å². The van der Waals surface area contributed by atoms with Crippen molar-refractivity contribution >= 4 is 11.8 Å². The number of thioether (sulfide) groups is 1. The smallest absolute Gasteiger partial charge is 0.0402 e. The number of aryl methyl sites for hydroxylation is 1. The van der Waals surface area contributed by atoms with Crippen LogP contribution in [0.1, 0.15) is 24.2 Å². The number of aromatic nitrogens is 1. The van der Waals surface area contributed by atoms with Crippen molar-refractivity contribution < 1.29 is 0 Å². The Labute approximate surface area is 83.9 Å².